The molecule has 0 amide bonds. The number of aromatic hydroxyl groups is 1. The standard InChI is InChI=1S/C14H19N3O/c15-5-2-6-16-7-9-17(10-8-16)12-13-3-1-4-14(18)11-13/h1,3-4,11,18H,2,6-10,12H2. The SMILES string of the molecule is N#CCCN1CCN(Cc2cccc(O)c2)CC1. The first-order chi connectivity index (χ1) is 8.78. The number of piperazine rings is 1. The summed E-state index contributed by atoms with van der Waals surface area (Å²) in [5.74, 6) is 0.333. The van der Waals surface area contributed by atoms with E-state index < -0.39 is 0 Å². The predicted octanol–water partition coefficient (Wildman–Crippen LogP) is 1.42. The Morgan fingerprint density at radius 2 is 1.89 bits per heavy atom. The highest BCUT2D eigenvalue weighted by atomic mass is 16.3. The average molecular weight is 245 g/mol. The van der Waals surface area contributed by atoms with Gasteiger partial charge in [0.05, 0.1) is 6.07 Å². The van der Waals surface area contributed by atoms with Gasteiger partial charge in [-0.25, -0.2) is 0 Å². The number of nitrogens with zero attached hydrogens (tertiary/aromatic N) is 3. The van der Waals surface area contributed by atoms with Gasteiger partial charge in [-0.1, -0.05) is 12.1 Å². The maximum Gasteiger partial charge on any atom is 0.115 e. The van der Waals surface area contributed by atoms with Crippen LogP contribution in [0.15, 0.2) is 24.3 Å². The Bertz CT molecular complexity index is 419. The van der Waals surface area contributed by atoms with Gasteiger partial charge in [-0.15, -0.1) is 0 Å². The molecule has 4 nitrogen and oxygen atoms in total. The Morgan fingerprint density at radius 3 is 2.56 bits per heavy atom. The molecule has 1 aromatic carbocycles. The lowest BCUT2D eigenvalue weighted by Crippen LogP contribution is -2.46. The highest BCUT2D eigenvalue weighted by Crippen LogP contribution is 2.14. The van der Waals surface area contributed by atoms with Crippen molar-refractivity contribution in [3.63, 3.8) is 0 Å². The molecule has 96 valence electrons. The van der Waals surface area contributed by atoms with E-state index >= 15 is 0 Å². The summed E-state index contributed by atoms with van der Waals surface area (Å²) >= 11 is 0. The van der Waals surface area contributed by atoms with Crippen molar-refractivity contribution in [3.05, 3.63) is 29.8 Å². The fourth-order valence-corrected chi connectivity index (χ4v) is 2.29. The largest absolute Gasteiger partial charge is 0.508 e. The summed E-state index contributed by atoms with van der Waals surface area (Å²) in [6, 6.07) is 9.63. The number of hydrogen-bond donors (Lipinski definition) is 1. The van der Waals surface area contributed by atoms with Crippen LogP contribution in [0.2, 0.25) is 0 Å². The minimum atomic E-state index is 0.333. The summed E-state index contributed by atoms with van der Waals surface area (Å²) in [6.45, 7) is 5.89. The van der Waals surface area contributed by atoms with Crippen molar-refractivity contribution in [2.45, 2.75) is 13.0 Å². The summed E-state index contributed by atoms with van der Waals surface area (Å²) in [4.78, 5) is 4.72. The number of benzene rings is 1. The van der Waals surface area contributed by atoms with E-state index in [0.29, 0.717) is 12.2 Å². The van der Waals surface area contributed by atoms with Crippen molar-refractivity contribution in [1.29, 1.82) is 5.26 Å². The molecule has 0 aromatic heterocycles. The lowest BCUT2D eigenvalue weighted by molar-refractivity contribution is 0.129. The molecule has 1 aromatic rings. The van der Waals surface area contributed by atoms with Gasteiger partial charge in [-0.05, 0) is 17.7 Å². The van der Waals surface area contributed by atoms with Crippen LogP contribution in [-0.2, 0) is 6.54 Å². The van der Waals surface area contributed by atoms with E-state index in [1.807, 2.05) is 18.2 Å². The number of phenols is 1. The zero-order valence-corrected chi connectivity index (χ0v) is 10.5. The molecular weight excluding hydrogens is 226 g/mol. The van der Waals surface area contributed by atoms with E-state index in [1.54, 1.807) is 6.07 Å². The van der Waals surface area contributed by atoms with Crippen LogP contribution in [0, 0.1) is 11.3 Å². The van der Waals surface area contributed by atoms with Crippen LogP contribution in [-0.4, -0.2) is 47.6 Å². The van der Waals surface area contributed by atoms with E-state index in [4.69, 9.17) is 5.26 Å². The summed E-state index contributed by atoms with van der Waals surface area (Å²) < 4.78 is 0. The predicted molar refractivity (Wildman–Crippen MR) is 70.1 cm³/mol. The molecule has 0 radical (unpaired) electrons. The minimum Gasteiger partial charge on any atom is -0.508 e. The molecule has 0 bridgehead atoms. The number of hydrogen-bond acceptors (Lipinski definition) is 4. The molecule has 0 saturated carbocycles. The quantitative estimate of drug-likeness (QED) is 0.871. The van der Waals surface area contributed by atoms with Crippen molar-refractivity contribution in [3.8, 4) is 11.8 Å². The zero-order valence-electron chi connectivity index (χ0n) is 10.5. The summed E-state index contributed by atoms with van der Waals surface area (Å²) in [5.41, 5.74) is 1.15. The van der Waals surface area contributed by atoms with Crippen molar-refractivity contribution < 1.29 is 5.11 Å². The van der Waals surface area contributed by atoms with Gasteiger partial charge >= 0.3 is 0 Å². The second kappa shape index (κ2) is 6.39. The van der Waals surface area contributed by atoms with Gasteiger partial charge in [0.15, 0.2) is 0 Å². The van der Waals surface area contributed by atoms with E-state index in [-0.39, 0.29) is 0 Å². The zero-order chi connectivity index (χ0) is 12.8. The van der Waals surface area contributed by atoms with Gasteiger partial charge in [-0.2, -0.15) is 5.26 Å². The monoisotopic (exact) mass is 245 g/mol. The normalized spacial score (nSPS) is 17.5. The molecule has 1 fully saturated rings. The second-order valence-electron chi connectivity index (χ2n) is 4.70. The minimum absolute atomic E-state index is 0.333. The molecule has 0 unspecified atom stereocenters. The number of rotatable bonds is 4. The first kappa shape index (κ1) is 12.9. The molecular formula is C14H19N3O. The van der Waals surface area contributed by atoms with Gasteiger partial charge in [0.1, 0.15) is 5.75 Å². The fourth-order valence-electron chi connectivity index (χ4n) is 2.29. The second-order valence-corrected chi connectivity index (χ2v) is 4.70. The Labute approximate surface area is 108 Å². The fraction of sp³-hybridized carbons (Fsp3) is 0.500. The molecule has 1 N–H and O–H groups in total. The van der Waals surface area contributed by atoms with Crippen molar-refractivity contribution >= 4 is 0 Å². The average Bonchev–Trinajstić information content (AvgIpc) is 2.38. The van der Waals surface area contributed by atoms with Gasteiger partial charge in [0.2, 0.25) is 0 Å². The molecule has 1 aliphatic rings. The van der Waals surface area contributed by atoms with Gasteiger partial charge in [0.25, 0.3) is 0 Å². The molecule has 1 aliphatic heterocycles. The van der Waals surface area contributed by atoms with Crippen LogP contribution in [0.3, 0.4) is 0 Å². The molecule has 0 spiro atoms. The van der Waals surface area contributed by atoms with Crippen LogP contribution >= 0.6 is 0 Å². The third kappa shape index (κ3) is 3.73. The van der Waals surface area contributed by atoms with Crippen LogP contribution in [0.25, 0.3) is 0 Å². The molecule has 0 aliphatic carbocycles. The summed E-state index contributed by atoms with van der Waals surface area (Å²) in [6.07, 6.45) is 0.618. The van der Waals surface area contributed by atoms with Crippen LogP contribution < -0.4 is 0 Å². The summed E-state index contributed by atoms with van der Waals surface area (Å²) in [5, 5.41) is 18.0. The third-order valence-electron chi connectivity index (χ3n) is 3.32. The summed E-state index contributed by atoms with van der Waals surface area (Å²) in [7, 11) is 0. The molecule has 1 saturated heterocycles. The molecule has 4 heteroatoms. The highest BCUT2D eigenvalue weighted by Gasteiger charge is 2.16. The highest BCUT2D eigenvalue weighted by molar-refractivity contribution is 5.27. The lowest BCUT2D eigenvalue weighted by Gasteiger charge is -2.34. The third-order valence-corrected chi connectivity index (χ3v) is 3.32. The Morgan fingerprint density at radius 1 is 1.17 bits per heavy atom. The van der Waals surface area contributed by atoms with Crippen LogP contribution in [0.1, 0.15) is 12.0 Å². The van der Waals surface area contributed by atoms with Crippen LogP contribution in [0.4, 0.5) is 0 Å². The topological polar surface area (TPSA) is 50.5 Å². The van der Waals surface area contributed by atoms with Crippen molar-refractivity contribution in [2.75, 3.05) is 32.7 Å². The first-order valence-electron chi connectivity index (χ1n) is 6.37. The number of nitriles is 1. The van der Waals surface area contributed by atoms with E-state index in [0.717, 1.165) is 44.8 Å². The van der Waals surface area contributed by atoms with Gasteiger partial charge in [0, 0.05) is 45.7 Å². The molecule has 18 heavy (non-hydrogen) atoms. The Balaban J connectivity index is 1.78. The maximum absolute atomic E-state index is 9.42. The Hall–Kier alpha value is -1.57. The van der Waals surface area contributed by atoms with E-state index in [1.165, 1.54) is 0 Å². The smallest absolute Gasteiger partial charge is 0.115 e. The molecule has 1 heterocycles. The van der Waals surface area contributed by atoms with Crippen molar-refractivity contribution in [2.24, 2.45) is 0 Å². The van der Waals surface area contributed by atoms with E-state index in [2.05, 4.69) is 15.9 Å². The molecule has 2 rings (SSSR count). The lowest BCUT2D eigenvalue weighted by atomic mass is 10.2. The maximum atomic E-state index is 9.42. The van der Waals surface area contributed by atoms with Crippen molar-refractivity contribution in [1.82, 2.24) is 9.80 Å². The van der Waals surface area contributed by atoms with Crippen LogP contribution in [0.5, 0.6) is 5.75 Å². The Kier molecular flexibility index (Phi) is 4.57. The first-order valence-corrected chi connectivity index (χ1v) is 6.37. The number of phenolic OH excluding ortho intramolecular Hbond substituents is 1. The van der Waals surface area contributed by atoms with Gasteiger partial charge < -0.3 is 5.11 Å². The van der Waals surface area contributed by atoms with E-state index in [9.17, 15) is 5.11 Å². The molecule has 0 atom stereocenters. The van der Waals surface area contributed by atoms with Gasteiger partial charge in [-0.3, -0.25) is 9.80 Å².